The van der Waals surface area contributed by atoms with Gasteiger partial charge in [0.1, 0.15) is 0 Å². The van der Waals surface area contributed by atoms with Crippen LogP contribution in [0.4, 0.5) is 0 Å². The molecule has 0 unspecified atom stereocenters. The fourth-order valence-corrected chi connectivity index (χ4v) is 2.15. The summed E-state index contributed by atoms with van der Waals surface area (Å²) in [7, 11) is 0. The highest BCUT2D eigenvalue weighted by Crippen LogP contribution is 2.19. The SMILES string of the molecule is CC(=O)N1CSC[C@H]1C(=O)[O-]. The highest BCUT2D eigenvalue weighted by atomic mass is 32.2. The molecular weight excluding hydrogens is 166 g/mol. The van der Waals surface area contributed by atoms with Crippen molar-refractivity contribution < 1.29 is 14.7 Å². The summed E-state index contributed by atoms with van der Waals surface area (Å²) in [4.78, 5) is 22.5. The lowest BCUT2D eigenvalue weighted by Crippen LogP contribution is -2.47. The van der Waals surface area contributed by atoms with Gasteiger partial charge in [-0.2, -0.15) is 0 Å². The lowest BCUT2D eigenvalue weighted by molar-refractivity contribution is -0.310. The number of carbonyl (C=O) groups excluding carboxylic acids is 2. The van der Waals surface area contributed by atoms with Gasteiger partial charge in [-0.15, -0.1) is 11.8 Å². The third-order valence-electron chi connectivity index (χ3n) is 1.56. The number of carbonyl (C=O) groups is 2. The Kier molecular flexibility index (Phi) is 2.38. The standard InChI is InChI=1S/C6H9NO3S/c1-4(8)7-3-11-2-5(7)6(9)10/h5H,2-3H2,1H3,(H,9,10)/p-1/t5-/m0/s1. The van der Waals surface area contributed by atoms with E-state index in [4.69, 9.17) is 0 Å². The van der Waals surface area contributed by atoms with Crippen LogP contribution in [0.3, 0.4) is 0 Å². The molecule has 4 nitrogen and oxygen atoms in total. The molecule has 0 aromatic carbocycles. The Hall–Kier alpha value is -0.710. The van der Waals surface area contributed by atoms with Gasteiger partial charge in [0.15, 0.2) is 0 Å². The van der Waals surface area contributed by atoms with Gasteiger partial charge in [0.05, 0.1) is 17.9 Å². The maximum absolute atomic E-state index is 10.8. The number of nitrogens with zero attached hydrogens (tertiary/aromatic N) is 1. The minimum atomic E-state index is -1.16. The third kappa shape index (κ3) is 1.65. The summed E-state index contributed by atoms with van der Waals surface area (Å²) in [5.74, 6) is -0.454. The summed E-state index contributed by atoms with van der Waals surface area (Å²) < 4.78 is 0. The van der Waals surface area contributed by atoms with E-state index >= 15 is 0 Å². The Morgan fingerprint density at radius 1 is 1.64 bits per heavy atom. The van der Waals surface area contributed by atoms with Crippen molar-refractivity contribution in [2.75, 3.05) is 11.6 Å². The summed E-state index contributed by atoms with van der Waals surface area (Å²) in [5, 5.41) is 10.4. The molecule has 62 valence electrons. The first-order valence-electron chi connectivity index (χ1n) is 3.18. The van der Waals surface area contributed by atoms with Crippen molar-refractivity contribution in [2.45, 2.75) is 13.0 Å². The van der Waals surface area contributed by atoms with E-state index in [0.717, 1.165) is 0 Å². The van der Waals surface area contributed by atoms with Gasteiger partial charge in [-0.1, -0.05) is 0 Å². The molecular formula is C6H8NO3S-. The van der Waals surface area contributed by atoms with E-state index in [2.05, 4.69) is 0 Å². The highest BCUT2D eigenvalue weighted by molar-refractivity contribution is 7.99. The molecule has 11 heavy (non-hydrogen) atoms. The first-order chi connectivity index (χ1) is 5.13. The molecule has 1 fully saturated rings. The minimum Gasteiger partial charge on any atom is -0.548 e. The average molecular weight is 174 g/mol. The van der Waals surface area contributed by atoms with E-state index in [-0.39, 0.29) is 5.91 Å². The first kappa shape index (κ1) is 8.39. The van der Waals surface area contributed by atoms with Gasteiger partial charge in [-0.05, 0) is 0 Å². The second kappa shape index (κ2) is 3.13. The number of carboxylic acids is 1. The van der Waals surface area contributed by atoms with E-state index < -0.39 is 12.0 Å². The molecule has 1 aliphatic rings. The van der Waals surface area contributed by atoms with Crippen LogP contribution in [0.2, 0.25) is 0 Å². The van der Waals surface area contributed by atoms with Crippen LogP contribution < -0.4 is 5.11 Å². The molecule has 1 saturated heterocycles. The van der Waals surface area contributed by atoms with Gasteiger partial charge in [0.25, 0.3) is 0 Å². The lowest BCUT2D eigenvalue weighted by atomic mass is 10.3. The highest BCUT2D eigenvalue weighted by Gasteiger charge is 2.27. The van der Waals surface area contributed by atoms with Crippen LogP contribution in [0, 0.1) is 0 Å². The van der Waals surface area contributed by atoms with Gasteiger partial charge in [0, 0.05) is 12.7 Å². The van der Waals surface area contributed by atoms with Crippen molar-refractivity contribution in [3.63, 3.8) is 0 Å². The van der Waals surface area contributed by atoms with Crippen molar-refractivity contribution in [1.82, 2.24) is 4.90 Å². The zero-order valence-corrected chi connectivity index (χ0v) is 6.89. The van der Waals surface area contributed by atoms with Crippen molar-refractivity contribution in [2.24, 2.45) is 0 Å². The number of hydrogen-bond donors (Lipinski definition) is 0. The number of thioether (sulfide) groups is 1. The molecule has 1 atom stereocenters. The minimum absolute atomic E-state index is 0.204. The summed E-state index contributed by atoms with van der Waals surface area (Å²) in [6.45, 7) is 1.36. The Balaban J connectivity index is 2.65. The summed E-state index contributed by atoms with van der Waals surface area (Å²) in [5.41, 5.74) is 0. The van der Waals surface area contributed by atoms with Gasteiger partial charge in [-0.3, -0.25) is 4.79 Å². The van der Waals surface area contributed by atoms with Crippen LogP contribution in [-0.4, -0.2) is 34.4 Å². The number of amides is 1. The molecule has 1 heterocycles. The third-order valence-corrected chi connectivity index (χ3v) is 2.57. The van der Waals surface area contributed by atoms with Crippen molar-refractivity contribution in [3.05, 3.63) is 0 Å². The molecule has 0 radical (unpaired) electrons. The van der Waals surface area contributed by atoms with Crippen LogP contribution in [0.15, 0.2) is 0 Å². The molecule has 0 N–H and O–H groups in total. The molecule has 0 aromatic rings. The molecule has 1 aliphatic heterocycles. The molecule has 1 amide bonds. The second-order valence-corrected chi connectivity index (χ2v) is 3.32. The topological polar surface area (TPSA) is 60.4 Å². The average Bonchev–Trinajstić information content (AvgIpc) is 2.32. The Morgan fingerprint density at radius 2 is 2.27 bits per heavy atom. The Morgan fingerprint density at radius 3 is 2.64 bits per heavy atom. The quantitative estimate of drug-likeness (QED) is 0.493. The van der Waals surface area contributed by atoms with Crippen molar-refractivity contribution >= 4 is 23.6 Å². The van der Waals surface area contributed by atoms with E-state index in [9.17, 15) is 14.7 Å². The van der Waals surface area contributed by atoms with Gasteiger partial charge < -0.3 is 14.8 Å². The molecule has 5 heteroatoms. The van der Waals surface area contributed by atoms with E-state index in [1.807, 2.05) is 0 Å². The molecule has 0 saturated carbocycles. The summed E-state index contributed by atoms with van der Waals surface area (Å²) in [6.07, 6.45) is 0. The monoisotopic (exact) mass is 174 g/mol. The molecule has 0 aliphatic carbocycles. The Bertz CT molecular complexity index is 174. The smallest absolute Gasteiger partial charge is 0.220 e. The van der Waals surface area contributed by atoms with E-state index in [1.165, 1.54) is 23.6 Å². The molecule has 0 aromatic heterocycles. The zero-order chi connectivity index (χ0) is 8.43. The number of aliphatic carboxylic acids is 1. The van der Waals surface area contributed by atoms with E-state index in [1.54, 1.807) is 0 Å². The fourth-order valence-electron chi connectivity index (χ4n) is 0.948. The number of rotatable bonds is 1. The van der Waals surface area contributed by atoms with Crippen LogP contribution in [0.25, 0.3) is 0 Å². The second-order valence-electron chi connectivity index (χ2n) is 2.32. The lowest BCUT2D eigenvalue weighted by Gasteiger charge is -2.22. The maximum Gasteiger partial charge on any atom is 0.220 e. The molecule has 0 bridgehead atoms. The van der Waals surface area contributed by atoms with E-state index in [0.29, 0.717) is 11.6 Å². The van der Waals surface area contributed by atoms with Gasteiger partial charge >= 0.3 is 0 Å². The van der Waals surface area contributed by atoms with Crippen LogP contribution >= 0.6 is 11.8 Å². The van der Waals surface area contributed by atoms with Crippen molar-refractivity contribution in [3.8, 4) is 0 Å². The number of carboxylic acid groups (broad SMARTS) is 1. The zero-order valence-electron chi connectivity index (χ0n) is 6.07. The van der Waals surface area contributed by atoms with Gasteiger partial charge in [-0.25, -0.2) is 0 Å². The predicted molar refractivity (Wildman–Crippen MR) is 38.6 cm³/mol. The summed E-state index contributed by atoms with van der Waals surface area (Å²) in [6, 6.07) is -0.725. The Labute approximate surface area is 68.6 Å². The van der Waals surface area contributed by atoms with Crippen LogP contribution in [0.5, 0.6) is 0 Å². The molecule has 1 rings (SSSR count). The predicted octanol–water partition coefficient (Wildman–Crippen LogP) is -1.34. The first-order valence-corrected chi connectivity index (χ1v) is 4.34. The van der Waals surface area contributed by atoms with Crippen LogP contribution in [0.1, 0.15) is 6.92 Å². The number of hydrogen-bond acceptors (Lipinski definition) is 4. The fraction of sp³-hybridized carbons (Fsp3) is 0.667. The largest absolute Gasteiger partial charge is 0.548 e. The maximum atomic E-state index is 10.8. The van der Waals surface area contributed by atoms with Crippen molar-refractivity contribution in [1.29, 1.82) is 0 Å². The van der Waals surface area contributed by atoms with Crippen LogP contribution in [-0.2, 0) is 9.59 Å². The molecule has 0 spiro atoms. The summed E-state index contributed by atoms with van der Waals surface area (Å²) >= 11 is 1.43. The normalized spacial score (nSPS) is 23.7. The van der Waals surface area contributed by atoms with Gasteiger partial charge in [0.2, 0.25) is 5.91 Å².